The monoisotopic (exact) mass is 198 g/mol. The minimum atomic E-state index is 0.242. The Labute approximate surface area is 86.9 Å². The molecule has 0 aliphatic carbocycles. The molecule has 14 heavy (non-hydrogen) atoms. The maximum atomic E-state index is 12.0. The molecule has 1 saturated heterocycles. The average molecular weight is 198 g/mol. The first-order valence-corrected chi connectivity index (χ1v) is 5.79. The summed E-state index contributed by atoms with van der Waals surface area (Å²) in [7, 11) is 0. The van der Waals surface area contributed by atoms with Gasteiger partial charge in [0.25, 0.3) is 0 Å². The number of hydrogen-bond donors (Lipinski definition) is 1. The highest BCUT2D eigenvalue weighted by Gasteiger charge is 2.25. The van der Waals surface area contributed by atoms with E-state index in [4.69, 9.17) is 0 Å². The molecule has 3 nitrogen and oxygen atoms in total. The standard InChI is InChI=1S/C11H22N2O/c1-3-5-8-13(4-2)11(14)10-6-7-12-9-10/h10,12H,3-9H2,1-2H3. The van der Waals surface area contributed by atoms with Crippen LogP contribution in [0.15, 0.2) is 0 Å². The van der Waals surface area contributed by atoms with Crippen molar-refractivity contribution in [3.63, 3.8) is 0 Å². The molecule has 1 heterocycles. The molecule has 1 atom stereocenters. The van der Waals surface area contributed by atoms with Crippen LogP contribution in [0, 0.1) is 5.92 Å². The number of nitrogens with one attached hydrogen (secondary N) is 1. The van der Waals surface area contributed by atoms with Gasteiger partial charge in [-0.1, -0.05) is 13.3 Å². The smallest absolute Gasteiger partial charge is 0.227 e. The van der Waals surface area contributed by atoms with E-state index in [9.17, 15) is 4.79 Å². The summed E-state index contributed by atoms with van der Waals surface area (Å²) in [5, 5.41) is 3.24. The lowest BCUT2D eigenvalue weighted by Gasteiger charge is -2.23. The van der Waals surface area contributed by atoms with Crippen molar-refractivity contribution in [3.05, 3.63) is 0 Å². The first-order chi connectivity index (χ1) is 6.79. The van der Waals surface area contributed by atoms with E-state index in [0.29, 0.717) is 5.91 Å². The Hall–Kier alpha value is -0.570. The Balaban J connectivity index is 2.37. The lowest BCUT2D eigenvalue weighted by molar-refractivity contribution is -0.134. The highest BCUT2D eigenvalue weighted by Crippen LogP contribution is 2.12. The van der Waals surface area contributed by atoms with E-state index in [1.807, 2.05) is 4.90 Å². The number of rotatable bonds is 5. The Bertz CT molecular complexity index is 176. The minimum absolute atomic E-state index is 0.242. The van der Waals surface area contributed by atoms with Crippen molar-refractivity contribution in [1.82, 2.24) is 10.2 Å². The molecule has 3 heteroatoms. The third-order valence-corrected chi connectivity index (χ3v) is 2.88. The molecule has 1 rings (SSSR count). The van der Waals surface area contributed by atoms with Crippen molar-refractivity contribution in [1.29, 1.82) is 0 Å². The van der Waals surface area contributed by atoms with E-state index in [-0.39, 0.29) is 5.92 Å². The van der Waals surface area contributed by atoms with Crippen molar-refractivity contribution in [3.8, 4) is 0 Å². The SMILES string of the molecule is CCCCN(CC)C(=O)C1CCNC1. The molecule has 1 amide bonds. The van der Waals surface area contributed by atoms with Gasteiger partial charge in [-0.05, 0) is 26.3 Å². The van der Waals surface area contributed by atoms with Crippen molar-refractivity contribution < 1.29 is 4.79 Å². The molecule has 0 aromatic rings. The summed E-state index contributed by atoms with van der Waals surface area (Å²) < 4.78 is 0. The summed E-state index contributed by atoms with van der Waals surface area (Å²) in [5.41, 5.74) is 0. The van der Waals surface area contributed by atoms with Crippen molar-refractivity contribution in [2.75, 3.05) is 26.2 Å². The van der Waals surface area contributed by atoms with Crippen LogP contribution in [0.1, 0.15) is 33.1 Å². The van der Waals surface area contributed by atoms with Gasteiger partial charge in [0.1, 0.15) is 0 Å². The molecule has 1 aliphatic rings. The number of hydrogen-bond acceptors (Lipinski definition) is 2. The fourth-order valence-corrected chi connectivity index (χ4v) is 1.90. The molecule has 0 aromatic heterocycles. The van der Waals surface area contributed by atoms with Crippen LogP contribution in [0.3, 0.4) is 0 Å². The Morgan fingerprint density at radius 1 is 1.50 bits per heavy atom. The lowest BCUT2D eigenvalue weighted by atomic mass is 10.1. The van der Waals surface area contributed by atoms with Gasteiger partial charge >= 0.3 is 0 Å². The number of amides is 1. The molecule has 0 spiro atoms. The summed E-state index contributed by atoms with van der Waals surface area (Å²) in [6, 6.07) is 0. The highest BCUT2D eigenvalue weighted by molar-refractivity contribution is 5.79. The fraction of sp³-hybridized carbons (Fsp3) is 0.909. The van der Waals surface area contributed by atoms with Gasteiger partial charge in [0.05, 0.1) is 5.92 Å². The predicted octanol–water partition coefficient (Wildman–Crippen LogP) is 1.24. The molecular weight excluding hydrogens is 176 g/mol. The van der Waals surface area contributed by atoms with Crippen LogP contribution in [0.5, 0.6) is 0 Å². The van der Waals surface area contributed by atoms with E-state index in [0.717, 1.165) is 45.4 Å². The van der Waals surface area contributed by atoms with Gasteiger partial charge in [-0.15, -0.1) is 0 Å². The van der Waals surface area contributed by atoms with Crippen LogP contribution < -0.4 is 5.32 Å². The summed E-state index contributed by atoms with van der Waals surface area (Å²) in [4.78, 5) is 14.0. The minimum Gasteiger partial charge on any atom is -0.343 e. The van der Waals surface area contributed by atoms with Crippen LogP contribution in [-0.2, 0) is 4.79 Å². The van der Waals surface area contributed by atoms with E-state index < -0.39 is 0 Å². The Morgan fingerprint density at radius 3 is 2.79 bits per heavy atom. The second kappa shape index (κ2) is 6.02. The quantitative estimate of drug-likeness (QED) is 0.721. The van der Waals surface area contributed by atoms with Crippen molar-refractivity contribution in [2.45, 2.75) is 33.1 Å². The molecule has 1 N–H and O–H groups in total. The van der Waals surface area contributed by atoms with Crippen LogP contribution in [-0.4, -0.2) is 37.0 Å². The maximum Gasteiger partial charge on any atom is 0.227 e. The van der Waals surface area contributed by atoms with Gasteiger partial charge in [-0.2, -0.15) is 0 Å². The Morgan fingerprint density at radius 2 is 2.29 bits per heavy atom. The molecule has 82 valence electrons. The van der Waals surface area contributed by atoms with Gasteiger partial charge in [-0.3, -0.25) is 4.79 Å². The zero-order chi connectivity index (χ0) is 10.4. The largest absolute Gasteiger partial charge is 0.343 e. The first kappa shape index (κ1) is 11.5. The summed E-state index contributed by atoms with van der Waals surface area (Å²) in [6.45, 7) is 7.90. The predicted molar refractivity (Wildman–Crippen MR) is 58.1 cm³/mol. The van der Waals surface area contributed by atoms with Crippen LogP contribution in [0.2, 0.25) is 0 Å². The molecule has 0 radical (unpaired) electrons. The topological polar surface area (TPSA) is 32.3 Å². The molecular formula is C11H22N2O. The average Bonchev–Trinajstić information content (AvgIpc) is 2.71. The number of nitrogens with zero attached hydrogens (tertiary/aromatic N) is 1. The first-order valence-electron chi connectivity index (χ1n) is 5.79. The second-order valence-electron chi connectivity index (χ2n) is 3.96. The second-order valence-corrected chi connectivity index (χ2v) is 3.96. The zero-order valence-electron chi connectivity index (χ0n) is 9.38. The maximum absolute atomic E-state index is 12.0. The normalized spacial score (nSPS) is 21.1. The molecule has 0 bridgehead atoms. The van der Waals surface area contributed by atoms with Gasteiger partial charge in [-0.25, -0.2) is 0 Å². The van der Waals surface area contributed by atoms with E-state index >= 15 is 0 Å². The molecule has 1 fully saturated rings. The van der Waals surface area contributed by atoms with Crippen LogP contribution in [0.4, 0.5) is 0 Å². The number of carbonyl (C=O) groups excluding carboxylic acids is 1. The number of unbranched alkanes of at least 4 members (excludes halogenated alkanes) is 1. The van der Waals surface area contributed by atoms with Crippen LogP contribution >= 0.6 is 0 Å². The highest BCUT2D eigenvalue weighted by atomic mass is 16.2. The van der Waals surface area contributed by atoms with E-state index in [1.165, 1.54) is 0 Å². The van der Waals surface area contributed by atoms with Gasteiger partial charge < -0.3 is 10.2 Å². The Kier molecular flexibility index (Phi) is 4.94. The fourth-order valence-electron chi connectivity index (χ4n) is 1.90. The van der Waals surface area contributed by atoms with E-state index in [2.05, 4.69) is 19.2 Å². The molecule has 1 unspecified atom stereocenters. The van der Waals surface area contributed by atoms with Gasteiger partial charge in [0, 0.05) is 19.6 Å². The summed E-state index contributed by atoms with van der Waals surface area (Å²) in [5.74, 6) is 0.595. The van der Waals surface area contributed by atoms with Crippen LogP contribution in [0.25, 0.3) is 0 Å². The molecule has 0 saturated carbocycles. The van der Waals surface area contributed by atoms with Crippen molar-refractivity contribution in [2.24, 2.45) is 5.92 Å². The number of carbonyl (C=O) groups is 1. The summed E-state index contributed by atoms with van der Waals surface area (Å²) in [6.07, 6.45) is 3.30. The van der Waals surface area contributed by atoms with Gasteiger partial charge in [0.15, 0.2) is 0 Å². The zero-order valence-corrected chi connectivity index (χ0v) is 9.38. The third-order valence-electron chi connectivity index (χ3n) is 2.88. The third kappa shape index (κ3) is 2.98. The molecule has 1 aliphatic heterocycles. The molecule has 0 aromatic carbocycles. The van der Waals surface area contributed by atoms with Gasteiger partial charge in [0.2, 0.25) is 5.91 Å². The lowest BCUT2D eigenvalue weighted by Crippen LogP contribution is -2.37. The van der Waals surface area contributed by atoms with E-state index in [1.54, 1.807) is 0 Å². The van der Waals surface area contributed by atoms with Crippen molar-refractivity contribution >= 4 is 5.91 Å². The summed E-state index contributed by atoms with van der Waals surface area (Å²) >= 11 is 0.